The zero-order valence-corrected chi connectivity index (χ0v) is 23.7. The zero-order chi connectivity index (χ0) is 30.2. The third kappa shape index (κ3) is 9.35. The van der Waals surface area contributed by atoms with Gasteiger partial charge in [0.15, 0.2) is 0 Å². The number of carboxylic acids is 2. The Kier molecular flexibility index (Phi) is 11.0. The number of sulfonamides is 1. The maximum absolute atomic E-state index is 12.8. The lowest BCUT2D eigenvalue weighted by atomic mass is 9.92. The van der Waals surface area contributed by atoms with E-state index in [1.54, 1.807) is 43.3 Å². The van der Waals surface area contributed by atoms with Gasteiger partial charge >= 0.3 is 18.1 Å². The van der Waals surface area contributed by atoms with Gasteiger partial charge in [0.25, 0.3) is 10.0 Å². The van der Waals surface area contributed by atoms with Gasteiger partial charge in [-0.15, -0.1) is 0 Å². The van der Waals surface area contributed by atoms with E-state index in [0.29, 0.717) is 17.2 Å². The number of nitrogens with one attached hydrogen (secondary N) is 1. The standard InChI is InChI=1S/C26H35N3O4S.C2HF3O2/c1-20-7-3-4-8-25(20)34(32,33)27-22-9-10-24(23(19-22)26(30)31)29-17-12-21(13-18-29)11-16-28-14-5-2-6-15-28;3-2(4,5)1(6)7/h3-4,7-10,19,21,27H,2,5-6,11-18H2,1H3,(H,30,31);(H,6,7). The molecule has 0 atom stereocenters. The summed E-state index contributed by atoms with van der Waals surface area (Å²) in [6.45, 7) is 6.98. The Labute approximate surface area is 238 Å². The van der Waals surface area contributed by atoms with Crippen LogP contribution in [0.3, 0.4) is 0 Å². The van der Waals surface area contributed by atoms with Gasteiger partial charge in [-0.3, -0.25) is 4.72 Å². The molecule has 226 valence electrons. The van der Waals surface area contributed by atoms with Gasteiger partial charge in [0.2, 0.25) is 0 Å². The third-order valence-electron chi connectivity index (χ3n) is 7.36. The van der Waals surface area contributed by atoms with Crippen LogP contribution >= 0.6 is 0 Å². The van der Waals surface area contributed by atoms with Crippen LogP contribution in [0.4, 0.5) is 24.5 Å². The smallest absolute Gasteiger partial charge is 0.478 e. The van der Waals surface area contributed by atoms with Gasteiger partial charge in [-0.2, -0.15) is 13.2 Å². The van der Waals surface area contributed by atoms with Crippen molar-refractivity contribution in [3.05, 3.63) is 53.6 Å². The van der Waals surface area contributed by atoms with E-state index in [-0.39, 0.29) is 16.1 Å². The molecule has 2 aromatic carbocycles. The second kappa shape index (κ2) is 14.0. The van der Waals surface area contributed by atoms with Gasteiger partial charge in [-0.1, -0.05) is 24.6 Å². The predicted molar refractivity (Wildman–Crippen MR) is 149 cm³/mol. The first-order chi connectivity index (χ1) is 19.3. The van der Waals surface area contributed by atoms with Crippen LogP contribution in [0.2, 0.25) is 0 Å². The molecule has 4 rings (SSSR count). The first kappa shape index (κ1) is 32.2. The number of anilines is 2. The Morgan fingerprint density at radius 1 is 0.976 bits per heavy atom. The molecule has 3 N–H and O–H groups in total. The average Bonchev–Trinajstić information content (AvgIpc) is 2.92. The van der Waals surface area contributed by atoms with E-state index >= 15 is 0 Å². The number of aryl methyl sites for hydroxylation is 1. The maximum Gasteiger partial charge on any atom is 0.490 e. The number of nitrogens with zero attached hydrogens (tertiary/aromatic N) is 2. The molecule has 2 heterocycles. The molecule has 0 saturated carbocycles. The largest absolute Gasteiger partial charge is 0.490 e. The number of piperidine rings is 2. The highest BCUT2D eigenvalue weighted by atomic mass is 32.2. The fourth-order valence-electron chi connectivity index (χ4n) is 5.13. The number of hydrogen-bond donors (Lipinski definition) is 3. The molecule has 0 radical (unpaired) electrons. The molecule has 0 unspecified atom stereocenters. The van der Waals surface area contributed by atoms with Crippen molar-refractivity contribution >= 4 is 33.3 Å². The Hall–Kier alpha value is -3.32. The van der Waals surface area contributed by atoms with Gasteiger partial charge in [-0.05, 0) is 94.4 Å². The number of carbonyl (C=O) groups is 2. The van der Waals surface area contributed by atoms with Gasteiger partial charge < -0.3 is 20.0 Å². The zero-order valence-electron chi connectivity index (χ0n) is 22.9. The molecule has 0 amide bonds. The number of benzene rings is 2. The van der Waals surface area contributed by atoms with Crippen molar-refractivity contribution < 1.29 is 41.4 Å². The van der Waals surface area contributed by atoms with E-state index in [1.165, 1.54) is 51.4 Å². The highest BCUT2D eigenvalue weighted by Gasteiger charge is 2.38. The van der Waals surface area contributed by atoms with Crippen LogP contribution in [-0.4, -0.2) is 74.4 Å². The molecule has 0 aliphatic carbocycles. The molecular formula is C28H36F3N3O6S. The SMILES string of the molecule is Cc1ccccc1S(=O)(=O)Nc1ccc(N2CCC(CCN3CCCCC3)CC2)c(C(=O)O)c1.O=C(O)C(F)(F)F. The van der Waals surface area contributed by atoms with Gasteiger partial charge in [-0.25, -0.2) is 18.0 Å². The molecule has 2 fully saturated rings. The summed E-state index contributed by atoms with van der Waals surface area (Å²) in [5, 5.41) is 17.0. The molecule has 9 nitrogen and oxygen atoms in total. The number of alkyl halides is 3. The minimum atomic E-state index is -5.08. The summed E-state index contributed by atoms with van der Waals surface area (Å²) in [7, 11) is -3.81. The fraction of sp³-hybridized carbons (Fsp3) is 0.500. The van der Waals surface area contributed by atoms with Crippen molar-refractivity contribution in [2.24, 2.45) is 5.92 Å². The lowest BCUT2D eigenvalue weighted by Gasteiger charge is -2.35. The monoisotopic (exact) mass is 599 g/mol. The number of halogens is 3. The molecule has 41 heavy (non-hydrogen) atoms. The predicted octanol–water partition coefficient (Wildman–Crippen LogP) is 5.22. The summed E-state index contributed by atoms with van der Waals surface area (Å²) >= 11 is 0. The molecular weight excluding hydrogens is 563 g/mol. The highest BCUT2D eigenvalue weighted by molar-refractivity contribution is 7.92. The van der Waals surface area contributed by atoms with Crippen molar-refractivity contribution in [3.8, 4) is 0 Å². The van der Waals surface area contributed by atoms with E-state index in [0.717, 1.165) is 25.9 Å². The van der Waals surface area contributed by atoms with E-state index in [4.69, 9.17) is 9.90 Å². The van der Waals surface area contributed by atoms with Crippen molar-refractivity contribution in [1.29, 1.82) is 0 Å². The van der Waals surface area contributed by atoms with Gasteiger partial charge in [0.1, 0.15) is 0 Å². The summed E-state index contributed by atoms with van der Waals surface area (Å²) in [6.07, 6.45) is 2.20. The molecule has 0 bridgehead atoms. The second-order valence-electron chi connectivity index (χ2n) is 10.3. The Bertz CT molecular complexity index is 1310. The lowest BCUT2D eigenvalue weighted by molar-refractivity contribution is -0.192. The molecule has 13 heteroatoms. The van der Waals surface area contributed by atoms with Crippen LogP contribution in [0.5, 0.6) is 0 Å². The number of aromatic carboxylic acids is 1. The summed E-state index contributed by atoms with van der Waals surface area (Å²) in [4.78, 5) is 25.8. The third-order valence-corrected chi connectivity index (χ3v) is 8.90. The van der Waals surface area contributed by atoms with Gasteiger partial charge in [0.05, 0.1) is 16.1 Å². The second-order valence-corrected chi connectivity index (χ2v) is 12.0. The molecule has 2 saturated heterocycles. The maximum atomic E-state index is 12.8. The first-order valence-corrected chi connectivity index (χ1v) is 15.0. The van der Waals surface area contributed by atoms with E-state index < -0.39 is 28.1 Å². The van der Waals surface area contributed by atoms with Crippen molar-refractivity contribution in [2.75, 3.05) is 42.3 Å². The number of aliphatic carboxylic acids is 1. The first-order valence-electron chi connectivity index (χ1n) is 13.5. The van der Waals surface area contributed by atoms with Crippen LogP contribution in [0, 0.1) is 12.8 Å². The van der Waals surface area contributed by atoms with Crippen molar-refractivity contribution in [3.63, 3.8) is 0 Å². The number of rotatable bonds is 8. The molecule has 2 aliphatic rings. The minimum absolute atomic E-state index is 0.122. The highest BCUT2D eigenvalue weighted by Crippen LogP contribution is 2.31. The number of carboxylic acid groups (broad SMARTS) is 2. The molecule has 2 aromatic rings. The average molecular weight is 600 g/mol. The number of likely N-dealkylation sites (tertiary alicyclic amines) is 1. The van der Waals surface area contributed by atoms with E-state index in [1.807, 2.05) is 0 Å². The summed E-state index contributed by atoms with van der Waals surface area (Å²) in [5.41, 5.74) is 1.66. The van der Waals surface area contributed by atoms with E-state index in [2.05, 4.69) is 14.5 Å². The molecule has 2 aliphatic heterocycles. The summed E-state index contributed by atoms with van der Waals surface area (Å²) in [6, 6.07) is 11.5. The Morgan fingerprint density at radius 2 is 1.59 bits per heavy atom. The Morgan fingerprint density at radius 3 is 2.15 bits per heavy atom. The summed E-state index contributed by atoms with van der Waals surface area (Å²) in [5.74, 6) is -3.14. The van der Waals surface area contributed by atoms with Crippen LogP contribution in [0.15, 0.2) is 47.4 Å². The lowest BCUT2D eigenvalue weighted by Crippen LogP contribution is -2.37. The van der Waals surface area contributed by atoms with Crippen LogP contribution in [0.25, 0.3) is 0 Å². The minimum Gasteiger partial charge on any atom is -0.478 e. The molecule has 0 spiro atoms. The summed E-state index contributed by atoms with van der Waals surface area (Å²) < 4.78 is 59.9. The van der Waals surface area contributed by atoms with E-state index in [9.17, 15) is 31.5 Å². The quantitative estimate of drug-likeness (QED) is 0.377. The fourth-order valence-corrected chi connectivity index (χ4v) is 6.42. The van der Waals surface area contributed by atoms with Crippen molar-refractivity contribution in [1.82, 2.24) is 4.90 Å². The normalized spacial score (nSPS) is 16.9. The van der Waals surface area contributed by atoms with Crippen molar-refractivity contribution in [2.45, 2.75) is 56.5 Å². The van der Waals surface area contributed by atoms with Crippen LogP contribution < -0.4 is 9.62 Å². The topological polar surface area (TPSA) is 127 Å². The van der Waals surface area contributed by atoms with Gasteiger partial charge in [0, 0.05) is 18.8 Å². The molecule has 0 aromatic heterocycles. The van der Waals surface area contributed by atoms with Crippen LogP contribution in [0.1, 0.15) is 54.4 Å². The Balaban J connectivity index is 0.000000587. The number of hydrogen-bond acceptors (Lipinski definition) is 6. The van der Waals surface area contributed by atoms with Crippen LogP contribution in [-0.2, 0) is 14.8 Å².